The topological polar surface area (TPSA) is 30.5 Å². The van der Waals surface area contributed by atoms with E-state index in [9.17, 15) is 4.39 Å². The summed E-state index contributed by atoms with van der Waals surface area (Å²) in [4.78, 5) is 0. The molecule has 0 aliphatic carbocycles. The lowest BCUT2D eigenvalue weighted by Crippen LogP contribution is -2.15. The molecule has 5 heteroatoms. The zero-order chi connectivity index (χ0) is 17.9. The standard InChI is InChI=1S/C21H28FNO2.ClH/c1-3-4-5-8-14-23-15-17-11-9-13-20(24-2)21(17)25-16-18-10-6-7-12-19(18)22;/h6-7,9-13,23H,3-5,8,14-16H2,1-2H3;1H. The van der Waals surface area contributed by atoms with Crippen molar-refractivity contribution in [2.45, 2.75) is 45.8 Å². The predicted molar refractivity (Wildman–Crippen MR) is 107 cm³/mol. The second kappa shape index (κ2) is 12.6. The van der Waals surface area contributed by atoms with Gasteiger partial charge in [0, 0.05) is 17.7 Å². The first kappa shape index (κ1) is 22.3. The molecule has 0 unspecified atom stereocenters. The van der Waals surface area contributed by atoms with E-state index in [1.165, 1.54) is 31.7 Å². The molecular formula is C21H29ClFNO2. The van der Waals surface area contributed by atoms with Crippen LogP contribution in [0.25, 0.3) is 0 Å². The molecule has 0 aliphatic rings. The SMILES string of the molecule is CCCCCCNCc1cccc(OC)c1OCc1ccccc1F.Cl. The molecule has 0 aromatic heterocycles. The van der Waals surface area contributed by atoms with Crippen LogP contribution in [0.3, 0.4) is 0 Å². The third-order valence-corrected chi connectivity index (χ3v) is 4.13. The van der Waals surface area contributed by atoms with Crippen molar-refractivity contribution in [1.29, 1.82) is 0 Å². The fraction of sp³-hybridized carbons (Fsp3) is 0.429. The van der Waals surface area contributed by atoms with Crippen LogP contribution >= 0.6 is 12.4 Å². The molecule has 26 heavy (non-hydrogen) atoms. The van der Waals surface area contributed by atoms with Gasteiger partial charge in [0.15, 0.2) is 11.5 Å². The number of rotatable bonds is 11. The Balaban J connectivity index is 0.00000338. The van der Waals surface area contributed by atoms with Crippen molar-refractivity contribution >= 4 is 12.4 Å². The van der Waals surface area contributed by atoms with E-state index in [4.69, 9.17) is 9.47 Å². The number of hydrogen-bond acceptors (Lipinski definition) is 3. The van der Waals surface area contributed by atoms with E-state index >= 15 is 0 Å². The van der Waals surface area contributed by atoms with Crippen molar-refractivity contribution < 1.29 is 13.9 Å². The molecule has 0 fully saturated rings. The normalized spacial score (nSPS) is 10.3. The van der Waals surface area contributed by atoms with Gasteiger partial charge in [-0.25, -0.2) is 4.39 Å². The Morgan fingerprint density at radius 2 is 1.73 bits per heavy atom. The average Bonchev–Trinajstić information content (AvgIpc) is 2.64. The highest BCUT2D eigenvalue weighted by molar-refractivity contribution is 5.85. The van der Waals surface area contributed by atoms with Crippen LogP contribution in [-0.4, -0.2) is 13.7 Å². The maximum absolute atomic E-state index is 13.8. The van der Waals surface area contributed by atoms with E-state index in [-0.39, 0.29) is 24.8 Å². The van der Waals surface area contributed by atoms with Crippen LogP contribution in [0.15, 0.2) is 42.5 Å². The molecule has 2 rings (SSSR count). The molecule has 0 saturated carbocycles. The molecular weight excluding hydrogens is 353 g/mol. The van der Waals surface area contributed by atoms with E-state index in [1.807, 2.05) is 24.3 Å². The van der Waals surface area contributed by atoms with Crippen molar-refractivity contribution in [1.82, 2.24) is 5.32 Å². The van der Waals surface area contributed by atoms with Gasteiger partial charge in [0.1, 0.15) is 12.4 Å². The number of para-hydroxylation sites is 1. The zero-order valence-electron chi connectivity index (χ0n) is 15.6. The van der Waals surface area contributed by atoms with Crippen LogP contribution in [0.5, 0.6) is 11.5 Å². The lowest BCUT2D eigenvalue weighted by molar-refractivity contribution is 0.276. The van der Waals surface area contributed by atoms with Crippen LogP contribution in [0, 0.1) is 5.82 Å². The summed E-state index contributed by atoms with van der Waals surface area (Å²) in [7, 11) is 1.62. The zero-order valence-corrected chi connectivity index (χ0v) is 16.4. The van der Waals surface area contributed by atoms with Gasteiger partial charge in [-0.1, -0.05) is 56.5 Å². The average molecular weight is 382 g/mol. The second-order valence-electron chi connectivity index (χ2n) is 6.07. The Labute approximate surface area is 162 Å². The van der Waals surface area contributed by atoms with Crippen molar-refractivity contribution in [3.05, 3.63) is 59.4 Å². The molecule has 3 nitrogen and oxygen atoms in total. The Kier molecular flexibility index (Phi) is 10.7. The molecule has 2 aromatic carbocycles. The highest BCUT2D eigenvalue weighted by Crippen LogP contribution is 2.32. The predicted octanol–water partition coefficient (Wildman–Crippen LogP) is 5.51. The summed E-state index contributed by atoms with van der Waals surface area (Å²) in [5.41, 5.74) is 1.55. The summed E-state index contributed by atoms with van der Waals surface area (Å²) in [6.07, 6.45) is 4.93. The number of ether oxygens (including phenoxy) is 2. The quantitative estimate of drug-likeness (QED) is 0.521. The van der Waals surface area contributed by atoms with Gasteiger partial charge in [-0.15, -0.1) is 12.4 Å². The highest BCUT2D eigenvalue weighted by atomic mass is 35.5. The van der Waals surface area contributed by atoms with Gasteiger partial charge in [-0.2, -0.15) is 0 Å². The van der Waals surface area contributed by atoms with Gasteiger partial charge >= 0.3 is 0 Å². The van der Waals surface area contributed by atoms with Crippen LogP contribution in [0.2, 0.25) is 0 Å². The number of halogens is 2. The Morgan fingerprint density at radius 3 is 2.46 bits per heavy atom. The summed E-state index contributed by atoms with van der Waals surface area (Å²) < 4.78 is 25.1. The highest BCUT2D eigenvalue weighted by Gasteiger charge is 2.11. The summed E-state index contributed by atoms with van der Waals surface area (Å²) in [5.74, 6) is 1.09. The Bertz CT molecular complexity index is 652. The fourth-order valence-electron chi connectivity index (χ4n) is 2.69. The van der Waals surface area contributed by atoms with E-state index in [0.29, 0.717) is 23.6 Å². The number of methoxy groups -OCH3 is 1. The minimum absolute atomic E-state index is 0. The van der Waals surface area contributed by atoms with Crippen molar-refractivity contribution in [2.24, 2.45) is 0 Å². The number of unbranched alkanes of at least 4 members (excludes halogenated alkanes) is 3. The molecule has 2 aromatic rings. The summed E-state index contributed by atoms with van der Waals surface area (Å²) >= 11 is 0. The molecule has 144 valence electrons. The molecule has 0 spiro atoms. The monoisotopic (exact) mass is 381 g/mol. The molecule has 0 amide bonds. The lowest BCUT2D eigenvalue weighted by Gasteiger charge is -2.16. The largest absolute Gasteiger partial charge is 0.493 e. The van der Waals surface area contributed by atoms with Crippen LogP contribution in [-0.2, 0) is 13.2 Å². The first-order valence-electron chi connectivity index (χ1n) is 8.99. The van der Waals surface area contributed by atoms with Crippen LogP contribution in [0.4, 0.5) is 4.39 Å². The number of benzene rings is 2. The van der Waals surface area contributed by atoms with E-state index in [0.717, 1.165) is 12.1 Å². The minimum atomic E-state index is -0.256. The van der Waals surface area contributed by atoms with Crippen LogP contribution in [0.1, 0.15) is 43.7 Å². The van der Waals surface area contributed by atoms with E-state index in [1.54, 1.807) is 19.2 Å². The lowest BCUT2D eigenvalue weighted by atomic mass is 10.1. The molecule has 1 N–H and O–H groups in total. The summed E-state index contributed by atoms with van der Waals surface area (Å²) in [6, 6.07) is 12.5. The third kappa shape index (κ3) is 6.85. The van der Waals surface area contributed by atoms with Gasteiger partial charge in [0.2, 0.25) is 0 Å². The molecule has 0 heterocycles. The maximum Gasteiger partial charge on any atom is 0.166 e. The Hall–Kier alpha value is -1.78. The van der Waals surface area contributed by atoms with E-state index in [2.05, 4.69) is 12.2 Å². The number of hydrogen-bond donors (Lipinski definition) is 1. The van der Waals surface area contributed by atoms with Gasteiger partial charge < -0.3 is 14.8 Å². The molecule has 0 radical (unpaired) electrons. The number of nitrogens with one attached hydrogen (secondary N) is 1. The Morgan fingerprint density at radius 1 is 0.962 bits per heavy atom. The fourth-order valence-corrected chi connectivity index (χ4v) is 2.69. The van der Waals surface area contributed by atoms with Crippen LogP contribution < -0.4 is 14.8 Å². The van der Waals surface area contributed by atoms with Crippen molar-refractivity contribution in [2.75, 3.05) is 13.7 Å². The van der Waals surface area contributed by atoms with Gasteiger partial charge in [0.05, 0.1) is 7.11 Å². The second-order valence-corrected chi connectivity index (χ2v) is 6.07. The molecule has 0 atom stereocenters. The maximum atomic E-state index is 13.8. The molecule has 0 bridgehead atoms. The van der Waals surface area contributed by atoms with Gasteiger partial charge in [-0.05, 0) is 25.1 Å². The first-order chi connectivity index (χ1) is 12.3. The van der Waals surface area contributed by atoms with Crippen molar-refractivity contribution in [3.63, 3.8) is 0 Å². The first-order valence-corrected chi connectivity index (χ1v) is 8.99. The molecule has 0 saturated heterocycles. The third-order valence-electron chi connectivity index (χ3n) is 4.13. The molecule has 0 aliphatic heterocycles. The van der Waals surface area contributed by atoms with Gasteiger partial charge in [-0.3, -0.25) is 0 Å². The van der Waals surface area contributed by atoms with E-state index < -0.39 is 0 Å². The summed E-state index contributed by atoms with van der Waals surface area (Å²) in [5, 5.41) is 3.45. The summed E-state index contributed by atoms with van der Waals surface area (Å²) in [6.45, 7) is 4.07. The smallest absolute Gasteiger partial charge is 0.166 e. The van der Waals surface area contributed by atoms with Gasteiger partial charge in [0.25, 0.3) is 0 Å². The van der Waals surface area contributed by atoms with Crippen molar-refractivity contribution in [3.8, 4) is 11.5 Å². The minimum Gasteiger partial charge on any atom is -0.493 e.